The van der Waals surface area contributed by atoms with Crippen LogP contribution in [0.5, 0.6) is 0 Å². The third kappa shape index (κ3) is 3.06. The van der Waals surface area contributed by atoms with Crippen LogP contribution in [-0.2, 0) is 18.0 Å². The van der Waals surface area contributed by atoms with E-state index in [1.807, 2.05) is 27.7 Å². The fraction of sp³-hybridized carbons (Fsp3) is 0.700. The van der Waals surface area contributed by atoms with E-state index in [9.17, 15) is 4.21 Å². The molecule has 0 amide bonds. The Morgan fingerprint density at radius 3 is 2.50 bits per heavy atom. The smallest absolute Gasteiger partial charge is 0.131 e. The van der Waals surface area contributed by atoms with E-state index in [0.29, 0.717) is 5.15 Å². The van der Waals surface area contributed by atoms with Crippen molar-refractivity contribution < 1.29 is 4.21 Å². The maximum Gasteiger partial charge on any atom is 0.131 e. The summed E-state index contributed by atoms with van der Waals surface area (Å²) in [7, 11) is 0.664. The third-order valence-electron chi connectivity index (χ3n) is 2.20. The average Bonchev–Trinajstić information content (AvgIpc) is 2.46. The molecule has 0 aliphatic carbocycles. The Morgan fingerprint density at radius 2 is 2.12 bits per heavy atom. The Morgan fingerprint density at radius 1 is 1.56 bits per heavy atom. The quantitative estimate of drug-likeness (QED) is 0.909. The van der Waals surface area contributed by atoms with Gasteiger partial charge in [-0.15, -0.1) is 0 Å². The average molecular weight is 264 g/mol. The lowest BCUT2D eigenvalue weighted by atomic mass is 10.2. The molecule has 6 heteroatoms. The van der Waals surface area contributed by atoms with Gasteiger partial charge < -0.3 is 0 Å². The predicted octanol–water partition coefficient (Wildman–Crippen LogP) is 2.19. The highest BCUT2D eigenvalue weighted by molar-refractivity contribution is 7.84. The molecule has 0 saturated carbocycles. The number of aryl methyl sites for hydroxylation is 1. The SMILES string of the molecule is C[C@@H](N[S@@](=O)C(C)(C)C)c1cnn(C)c1Cl. The van der Waals surface area contributed by atoms with Crippen LogP contribution in [0.3, 0.4) is 0 Å². The fourth-order valence-electron chi connectivity index (χ4n) is 1.13. The Kier molecular flexibility index (Phi) is 4.15. The normalized spacial score (nSPS) is 16.1. The van der Waals surface area contributed by atoms with E-state index < -0.39 is 11.0 Å². The number of hydrogen-bond donors (Lipinski definition) is 1. The summed E-state index contributed by atoms with van der Waals surface area (Å²) in [6, 6.07) is -0.0822. The highest BCUT2D eigenvalue weighted by Crippen LogP contribution is 2.23. The maximum atomic E-state index is 11.9. The largest absolute Gasteiger partial charge is 0.257 e. The first-order chi connectivity index (χ1) is 7.23. The highest BCUT2D eigenvalue weighted by atomic mass is 35.5. The van der Waals surface area contributed by atoms with E-state index in [-0.39, 0.29) is 10.8 Å². The second-order valence-corrected chi connectivity index (χ2v) is 7.09. The monoisotopic (exact) mass is 263 g/mol. The molecule has 0 radical (unpaired) electrons. The molecule has 1 rings (SSSR count). The van der Waals surface area contributed by atoms with Gasteiger partial charge in [0.2, 0.25) is 0 Å². The van der Waals surface area contributed by atoms with Gasteiger partial charge in [0.05, 0.1) is 21.9 Å². The van der Waals surface area contributed by atoms with Crippen molar-refractivity contribution in [2.45, 2.75) is 38.5 Å². The van der Waals surface area contributed by atoms with Crippen LogP contribution in [-0.4, -0.2) is 18.7 Å². The lowest BCUT2D eigenvalue weighted by molar-refractivity contribution is 0.616. The first-order valence-corrected chi connectivity index (χ1v) is 6.61. The molecule has 1 N–H and O–H groups in total. The van der Waals surface area contributed by atoms with E-state index in [2.05, 4.69) is 9.82 Å². The van der Waals surface area contributed by atoms with Crippen LogP contribution in [0.15, 0.2) is 6.20 Å². The molecule has 0 aliphatic heterocycles. The van der Waals surface area contributed by atoms with Crippen molar-refractivity contribution >= 4 is 22.6 Å². The summed E-state index contributed by atoms with van der Waals surface area (Å²) in [5.74, 6) is 0. The fourth-order valence-corrected chi connectivity index (χ4v) is 2.19. The van der Waals surface area contributed by atoms with E-state index in [1.54, 1.807) is 17.9 Å². The van der Waals surface area contributed by atoms with Gasteiger partial charge in [-0.3, -0.25) is 4.68 Å². The van der Waals surface area contributed by atoms with Crippen LogP contribution in [0.4, 0.5) is 0 Å². The molecule has 0 aliphatic rings. The van der Waals surface area contributed by atoms with E-state index in [1.165, 1.54) is 0 Å². The van der Waals surface area contributed by atoms with Crippen LogP contribution in [0.25, 0.3) is 0 Å². The molecule has 0 saturated heterocycles. The van der Waals surface area contributed by atoms with Gasteiger partial charge in [0.15, 0.2) is 0 Å². The molecule has 1 heterocycles. The summed E-state index contributed by atoms with van der Waals surface area (Å²) in [6.45, 7) is 7.70. The molecule has 0 fully saturated rings. The van der Waals surface area contributed by atoms with Crippen LogP contribution < -0.4 is 4.72 Å². The lowest BCUT2D eigenvalue weighted by Gasteiger charge is -2.21. The number of halogens is 1. The maximum absolute atomic E-state index is 11.9. The number of aromatic nitrogens is 2. The van der Waals surface area contributed by atoms with Crippen molar-refractivity contribution in [3.8, 4) is 0 Å². The van der Waals surface area contributed by atoms with Crippen molar-refractivity contribution in [3.05, 3.63) is 16.9 Å². The minimum atomic E-state index is -1.11. The Bertz CT molecular complexity index is 397. The van der Waals surface area contributed by atoms with Crippen molar-refractivity contribution in [2.24, 2.45) is 7.05 Å². The molecule has 1 aromatic rings. The van der Waals surface area contributed by atoms with Crippen molar-refractivity contribution in [3.63, 3.8) is 0 Å². The van der Waals surface area contributed by atoms with Crippen LogP contribution in [0, 0.1) is 0 Å². The first kappa shape index (κ1) is 13.7. The highest BCUT2D eigenvalue weighted by Gasteiger charge is 2.23. The zero-order valence-corrected chi connectivity index (χ0v) is 11.8. The Labute approximate surface area is 104 Å². The number of nitrogens with one attached hydrogen (secondary N) is 1. The number of nitrogens with zero attached hydrogens (tertiary/aromatic N) is 2. The molecule has 0 spiro atoms. The predicted molar refractivity (Wildman–Crippen MR) is 67.7 cm³/mol. The molecular formula is C10H18ClN3OS. The standard InChI is InChI=1S/C10H18ClN3OS/c1-7(13-16(15)10(2,3)4)8-6-12-14(5)9(8)11/h6-7,13H,1-5H3/t7-,16+/m1/s1. The van der Waals surface area contributed by atoms with Gasteiger partial charge in [-0.25, -0.2) is 8.93 Å². The summed E-state index contributed by atoms with van der Waals surface area (Å²) in [6.07, 6.45) is 1.69. The van der Waals surface area contributed by atoms with E-state index >= 15 is 0 Å². The van der Waals surface area contributed by atoms with Crippen LogP contribution >= 0.6 is 11.6 Å². The van der Waals surface area contributed by atoms with Crippen molar-refractivity contribution in [1.82, 2.24) is 14.5 Å². The van der Waals surface area contributed by atoms with Crippen LogP contribution in [0.2, 0.25) is 5.15 Å². The first-order valence-electron chi connectivity index (χ1n) is 5.09. The second-order valence-electron chi connectivity index (χ2n) is 4.73. The Hall–Kier alpha value is -0.390. The van der Waals surface area contributed by atoms with E-state index in [0.717, 1.165) is 5.56 Å². The summed E-state index contributed by atoms with van der Waals surface area (Å²) in [5.41, 5.74) is 0.863. The topological polar surface area (TPSA) is 46.9 Å². The molecule has 0 aromatic carbocycles. The molecule has 0 bridgehead atoms. The minimum absolute atomic E-state index is 0.0822. The van der Waals surface area contributed by atoms with Gasteiger partial charge in [0.1, 0.15) is 5.15 Å². The van der Waals surface area contributed by atoms with Crippen molar-refractivity contribution in [2.75, 3.05) is 0 Å². The summed E-state index contributed by atoms with van der Waals surface area (Å²) in [5, 5.41) is 4.63. The van der Waals surface area contributed by atoms with Gasteiger partial charge >= 0.3 is 0 Å². The third-order valence-corrected chi connectivity index (χ3v) is 4.34. The lowest BCUT2D eigenvalue weighted by Crippen LogP contribution is -2.34. The summed E-state index contributed by atoms with van der Waals surface area (Å²) in [4.78, 5) is 0. The number of hydrogen-bond acceptors (Lipinski definition) is 2. The van der Waals surface area contributed by atoms with Gasteiger partial charge in [-0.1, -0.05) is 11.6 Å². The van der Waals surface area contributed by atoms with Gasteiger partial charge in [-0.2, -0.15) is 5.10 Å². The molecule has 1 aromatic heterocycles. The summed E-state index contributed by atoms with van der Waals surface area (Å²) >= 11 is 6.06. The molecule has 2 atom stereocenters. The zero-order chi connectivity index (χ0) is 12.5. The number of rotatable bonds is 3. The molecule has 16 heavy (non-hydrogen) atoms. The van der Waals surface area contributed by atoms with Crippen LogP contribution in [0.1, 0.15) is 39.3 Å². The summed E-state index contributed by atoms with van der Waals surface area (Å²) < 4.78 is 16.2. The molecule has 0 unspecified atom stereocenters. The molecular weight excluding hydrogens is 246 g/mol. The molecule has 92 valence electrons. The van der Waals surface area contributed by atoms with Crippen molar-refractivity contribution in [1.29, 1.82) is 0 Å². The van der Waals surface area contributed by atoms with Gasteiger partial charge in [-0.05, 0) is 27.7 Å². The minimum Gasteiger partial charge on any atom is -0.257 e. The van der Waals surface area contributed by atoms with Gasteiger partial charge in [0, 0.05) is 18.7 Å². The second kappa shape index (κ2) is 4.85. The van der Waals surface area contributed by atoms with Gasteiger partial charge in [0.25, 0.3) is 0 Å². The molecule has 4 nitrogen and oxygen atoms in total. The Balaban J connectivity index is 2.77. The zero-order valence-electron chi connectivity index (χ0n) is 10.2. The van der Waals surface area contributed by atoms with E-state index in [4.69, 9.17) is 11.6 Å².